The second-order valence-electron chi connectivity index (χ2n) is 7.07. The van der Waals surface area contributed by atoms with Crippen molar-refractivity contribution in [3.8, 4) is 11.6 Å². The summed E-state index contributed by atoms with van der Waals surface area (Å²) < 4.78 is 31.5. The Kier molecular flexibility index (Phi) is 6.01. The molecule has 1 aliphatic rings. The average molecular weight is 415 g/mol. The molecule has 2 N–H and O–H groups in total. The fourth-order valence-electron chi connectivity index (χ4n) is 3.90. The molecule has 9 heteroatoms. The number of nitrogens with zero attached hydrogens (tertiary/aromatic N) is 3. The lowest BCUT2D eigenvalue weighted by Gasteiger charge is -2.34. The van der Waals surface area contributed by atoms with Crippen LogP contribution < -0.4 is 14.8 Å². The third-order valence-electron chi connectivity index (χ3n) is 5.37. The lowest BCUT2D eigenvalue weighted by Crippen LogP contribution is -2.39. The predicted molar refractivity (Wildman–Crippen MR) is 112 cm³/mol. The van der Waals surface area contributed by atoms with Gasteiger partial charge in [0.15, 0.2) is 0 Å². The van der Waals surface area contributed by atoms with E-state index in [1.165, 1.54) is 6.07 Å². The van der Waals surface area contributed by atoms with Crippen molar-refractivity contribution in [2.75, 3.05) is 45.8 Å². The predicted octanol–water partition coefficient (Wildman–Crippen LogP) is 3.64. The molecule has 1 aromatic carbocycles. The zero-order chi connectivity index (χ0) is 21.1. The highest BCUT2D eigenvalue weighted by molar-refractivity contribution is 5.82. The van der Waals surface area contributed by atoms with Crippen LogP contribution in [0.1, 0.15) is 24.9 Å². The van der Waals surface area contributed by atoms with Gasteiger partial charge in [-0.3, -0.25) is 4.90 Å². The highest BCUT2D eigenvalue weighted by Gasteiger charge is 2.25. The minimum Gasteiger partial charge on any atom is -0.495 e. The first kappa shape index (κ1) is 20.4. The van der Waals surface area contributed by atoms with Gasteiger partial charge in [0.2, 0.25) is 11.8 Å². The first-order valence-corrected chi connectivity index (χ1v) is 10.00. The largest absolute Gasteiger partial charge is 0.495 e. The monoisotopic (exact) mass is 415 g/mol. The number of hydrogen-bond acceptors (Lipinski definition) is 7. The number of rotatable bonds is 7. The van der Waals surface area contributed by atoms with Crippen LogP contribution in [0.15, 0.2) is 24.4 Å². The summed E-state index contributed by atoms with van der Waals surface area (Å²) in [5.74, 6) is 0.933. The number of aromatic amines is 1. The fraction of sp³-hybridized carbons (Fsp3) is 0.429. The summed E-state index contributed by atoms with van der Waals surface area (Å²) >= 11 is 0. The van der Waals surface area contributed by atoms with Crippen molar-refractivity contribution in [1.82, 2.24) is 19.9 Å². The molecule has 0 radical (unpaired) electrons. The molecular weight excluding hydrogens is 389 g/mol. The maximum atomic E-state index is 15.2. The molecule has 0 amide bonds. The second-order valence-corrected chi connectivity index (χ2v) is 7.07. The van der Waals surface area contributed by atoms with Gasteiger partial charge in [0.1, 0.15) is 17.2 Å². The number of anilines is 2. The van der Waals surface area contributed by atoms with Crippen LogP contribution >= 0.6 is 0 Å². The molecule has 0 spiro atoms. The molecule has 30 heavy (non-hydrogen) atoms. The van der Waals surface area contributed by atoms with Crippen LogP contribution in [0, 0.1) is 5.82 Å². The van der Waals surface area contributed by atoms with E-state index >= 15 is 4.39 Å². The lowest BCUT2D eigenvalue weighted by atomic mass is 10.0. The first-order valence-electron chi connectivity index (χ1n) is 10.00. The number of methoxy groups -OCH3 is 2. The molecule has 160 valence electrons. The van der Waals surface area contributed by atoms with E-state index in [2.05, 4.69) is 32.1 Å². The van der Waals surface area contributed by atoms with Crippen molar-refractivity contribution in [2.45, 2.75) is 19.4 Å². The van der Waals surface area contributed by atoms with Gasteiger partial charge in [-0.1, -0.05) is 6.92 Å². The van der Waals surface area contributed by atoms with Crippen molar-refractivity contribution in [3.63, 3.8) is 0 Å². The van der Waals surface area contributed by atoms with E-state index < -0.39 is 0 Å². The van der Waals surface area contributed by atoms with Gasteiger partial charge in [-0.15, -0.1) is 0 Å². The molecule has 3 heterocycles. The van der Waals surface area contributed by atoms with Gasteiger partial charge in [0.05, 0.1) is 38.5 Å². The normalized spacial score (nSPS) is 15.9. The molecule has 1 fully saturated rings. The third-order valence-corrected chi connectivity index (χ3v) is 5.37. The number of benzene rings is 1. The summed E-state index contributed by atoms with van der Waals surface area (Å²) in [5, 5.41) is 3.83. The summed E-state index contributed by atoms with van der Waals surface area (Å²) in [4.78, 5) is 14.1. The number of aromatic nitrogens is 3. The smallest absolute Gasteiger partial charge is 0.232 e. The quantitative estimate of drug-likeness (QED) is 0.609. The minimum absolute atomic E-state index is 0.0385. The topological polar surface area (TPSA) is 84.5 Å². The number of ether oxygens (including phenoxy) is 3. The molecule has 2 aromatic heterocycles. The fourth-order valence-corrected chi connectivity index (χ4v) is 3.90. The summed E-state index contributed by atoms with van der Waals surface area (Å²) in [6.07, 6.45) is 2.55. The Morgan fingerprint density at radius 2 is 2.03 bits per heavy atom. The van der Waals surface area contributed by atoms with E-state index in [0.717, 1.165) is 24.9 Å². The maximum Gasteiger partial charge on any atom is 0.232 e. The van der Waals surface area contributed by atoms with E-state index in [-0.39, 0.29) is 17.8 Å². The van der Waals surface area contributed by atoms with Crippen molar-refractivity contribution >= 4 is 22.7 Å². The lowest BCUT2D eigenvalue weighted by molar-refractivity contribution is 0.0145. The number of H-pyrrole nitrogens is 1. The standard InChI is InChI=1S/C21H26FN5O3/c1-4-17(27-7-9-30-10-8-27)14-11-18(28-2)16(12-15(14)22)24-21-25-19-13(5-6-23-19)20(26-21)29-3/h5-6,11-12,17H,4,7-10H2,1-3H3,(H2,23,24,25,26)/t17-/m1/s1. The zero-order valence-electron chi connectivity index (χ0n) is 17.4. The van der Waals surface area contributed by atoms with Gasteiger partial charge in [0, 0.05) is 37.0 Å². The molecule has 0 unspecified atom stereocenters. The van der Waals surface area contributed by atoms with Crippen LogP contribution in [0.25, 0.3) is 11.0 Å². The van der Waals surface area contributed by atoms with E-state index in [9.17, 15) is 0 Å². The van der Waals surface area contributed by atoms with Crippen LogP contribution in [0.2, 0.25) is 0 Å². The molecule has 3 aromatic rings. The summed E-state index contributed by atoms with van der Waals surface area (Å²) in [6, 6.07) is 4.99. The Balaban J connectivity index is 1.67. The Morgan fingerprint density at radius 1 is 1.23 bits per heavy atom. The van der Waals surface area contributed by atoms with Crippen molar-refractivity contribution in [3.05, 3.63) is 35.8 Å². The van der Waals surface area contributed by atoms with Gasteiger partial charge in [0.25, 0.3) is 0 Å². The zero-order valence-corrected chi connectivity index (χ0v) is 17.4. The van der Waals surface area contributed by atoms with Gasteiger partial charge >= 0.3 is 0 Å². The van der Waals surface area contributed by atoms with Gasteiger partial charge in [-0.2, -0.15) is 9.97 Å². The molecule has 1 saturated heterocycles. The Bertz CT molecular complexity index is 1020. The van der Waals surface area contributed by atoms with Crippen molar-refractivity contribution in [2.24, 2.45) is 0 Å². The summed E-state index contributed by atoms with van der Waals surface area (Å²) in [5.41, 5.74) is 1.68. The molecule has 8 nitrogen and oxygen atoms in total. The molecule has 4 rings (SSSR count). The van der Waals surface area contributed by atoms with Crippen LogP contribution in [0.5, 0.6) is 11.6 Å². The molecule has 0 bridgehead atoms. The molecular formula is C21H26FN5O3. The highest BCUT2D eigenvalue weighted by Crippen LogP contribution is 2.36. The third kappa shape index (κ3) is 3.90. The van der Waals surface area contributed by atoms with Crippen LogP contribution in [-0.4, -0.2) is 60.4 Å². The van der Waals surface area contributed by atoms with E-state index in [1.807, 2.05) is 6.07 Å². The maximum absolute atomic E-state index is 15.2. The average Bonchev–Trinajstić information content (AvgIpc) is 3.24. The molecule has 1 aliphatic heterocycles. The van der Waals surface area contributed by atoms with Crippen LogP contribution in [0.3, 0.4) is 0 Å². The Labute approximate surface area is 174 Å². The number of halogens is 1. The van der Waals surface area contributed by atoms with E-state index in [0.29, 0.717) is 41.7 Å². The van der Waals surface area contributed by atoms with Crippen molar-refractivity contribution < 1.29 is 18.6 Å². The Hall–Kier alpha value is -2.91. The SMILES string of the molecule is CC[C@H](c1cc(OC)c(Nc2nc(OC)c3cc[nH]c3n2)cc1F)N1CCOCC1. The summed E-state index contributed by atoms with van der Waals surface area (Å²) in [7, 11) is 3.11. The van der Waals surface area contributed by atoms with E-state index in [4.69, 9.17) is 14.2 Å². The van der Waals surface area contributed by atoms with Gasteiger partial charge in [-0.05, 0) is 18.6 Å². The summed E-state index contributed by atoms with van der Waals surface area (Å²) in [6.45, 7) is 4.95. The second kappa shape index (κ2) is 8.85. The highest BCUT2D eigenvalue weighted by atomic mass is 19.1. The number of fused-ring (bicyclic) bond motifs is 1. The first-order chi connectivity index (χ1) is 14.6. The van der Waals surface area contributed by atoms with Gasteiger partial charge in [-0.25, -0.2) is 4.39 Å². The number of morpholine rings is 1. The van der Waals surface area contributed by atoms with E-state index in [1.54, 1.807) is 26.5 Å². The molecule has 0 aliphatic carbocycles. The Morgan fingerprint density at radius 3 is 2.73 bits per heavy atom. The van der Waals surface area contributed by atoms with Crippen LogP contribution in [-0.2, 0) is 4.74 Å². The minimum atomic E-state index is -0.301. The van der Waals surface area contributed by atoms with Crippen LogP contribution in [0.4, 0.5) is 16.0 Å². The number of nitrogens with one attached hydrogen (secondary N) is 2. The number of hydrogen-bond donors (Lipinski definition) is 2. The molecule has 1 atom stereocenters. The van der Waals surface area contributed by atoms with Crippen molar-refractivity contribution in [1.29, 1.82) is 0 Å². The molecule has 0 saturated carbocycles. The van der Waals surface area contributed by atoms with Gasteiger partial charge < -0.3 is 24.5 Å².